The van der Waals surface area contributed by atoms with Crippen molar-refractivity contribution in [3.63, 3.8) is 0 Å². The number of halogens is 1. The van der Waals surface area contributed by atoms with E-state index < -0.39 is 0 Å². The van der Waals surface area contributed by atoms with Gasteiger partial charge in [-0.15, -0.1) is 24.0 Å². The van der Waals surface area contributed by atoms with Crippen molar-refractivity contribution in [3.05, 3.63) is 54.1 Å². The van der Waals surface area contributed by atoms with Crippen molar-refractivity contribution in [2.45, 2.75) is 25.2 Å². The van der Waals surface area contributed by atoms with Crippen molar-refractivity contribution in [3.8, 4) is 17.2 Å². The zero-order valence-electron chi connectivity index (χ0n) is 18.5. The third-order valence-corrected chi connectivity index (χ3v) is 5.73. The normalized spacial score (nSPS) is 16.7. The fourth-order valence-corrected chi connectivity index (χ4v) is 3.95. The summed E-state index contributed by atoms with van der Waals surface area (Å²) >= 11 is 0. The highest BCUT2D eigenvalue weighted by Gasteiger charge is 2.35. The van der Waals surface area contributed by atoms with Crippen LogP contribution in [0.25, 0.3) is 0 Å². The van der Waals surface area contributed by atoms with Gasteiger partial charge in [-0.05, 0) is 49.6 Å². The number of fused-ring (bicyclic) bond motifs is 1. The fraction of sp³-hybridized carbons (Fsp3) is 0.458. The molecule has 2 aromatic rings. The Morgan fingerprint density at radius 2 is 1.81 bits per heavy atom. The van der Waals surface area contributed by atoms with Gasteiger partial charge in [-0.25, -0.2) is 0 Å². The summed E-state index contributed by atoms with van der Waals surface area (Å²) in [5.41, 5.74) is 1.15. The predicted octanol–water partition coefficient (Wildman–Crippen LogP) is 3.72. The van der Waals surface area contributed by atoms with E-state index in [1.54, 1.807) is 0 Å². The number of rotatable bonds is 8. The van der Waals surface area contributed by atoms with Crippen LogP contribution in [0.4, 0.5) is 0 Å². The van der Waals surface area contributed by atoms with Gasteiger partial charge < -0.3 is 29.6 Å². The van der Waals surface area contributed by atoms with Crippen molar-refractivity contribution in [2.75, 3.05) is 46.2 Å². The molecule has 0 saturated carbocycles. The SMILES string of the molecule is CCNC(=NCC1(c2ccc3c(c2)OCO3)CCOCC1)NCCOc1ccccc1.I. The van der Waals surface area contributed by atoms with Gasteiger partial charge in [-0.2, -0.15) is 0 Å². The molecule has 32 heavy (non-hydrogen) atoms. The monoisotopic (exact) mass is 553 g/mol. The number of hydrogen-bond acceptors (Lipinski definition) is 5. The van der Waals surface area contributed by atoms with Crippen molar-refractivity contribution >= 4 is 29.9 Å². The number of guanidine groups is 1. The Labute approximate surface area is 206 Å². The van der Waals surface area contributed by atoms with Gasteiger partial charge in [0.15, 0.2) is 17.5 Å². The first kappa shape index (κ1) is 24.4. The molecule has 1 fully saturated rings. The number of benzene rings is 2. The molecule has 4 rings (SSSR count). The smallest absolute Gasteiger partial charge is 0.231 e. The summed E-state index contributed by atoms with van der Waals surface area (Å²) in [7, 11) is 0. The minimum Gasteiger partial charge on any atom is -0.492 e. The lowest BCUT2D eigenvalue weighted by molar-refractivity contribution is 0.0530. The molecular weight excluding hydrogens is 521 g/mol. The molecule has 1 saturated heterocycles. The average molecular weight is 553 g/mol. The second-order valence-electron chi connectivity index (χ2n) is 7.74. The highest BCUT2D eigenvalue weighted by Crippen LogP contribution is 2.41. The van der Waals surface area contributed by atoms with Gasteiger partial charge in [-0.1, -0.05) is 24.3 Å². The van der Waals surface area contributed by atoms with Crippen LogP contribution in [0.1, 0.15) is 25.3 Å². The Hall–Kier alpha value is -2.20. The summed E-state index contributed by atoms with van der Waals surface area (Å²) in [6.07, 6.45) is 1.85. The molecule has 2 aliphatic heterocycles. The molecular formula is C24H32IN3O4. The number of ether oxygens (including phenoxy) is 4. The lowest BCUT2D eigenvalue weighted by Gasteiger charge is -2.36. The van der Waals surface area contributed by atoms with Crippen molar-refractivity contribution in [1.82, 2.24) is 10.6 Å². The van der Waals surface area contributed by atoms with Crippen LogP contribution in [0.15, 0.2) is 53.5 Å². The molecule has 2 aromatic carbocycles. The van der Waals surface area contributed by atoms with Gasteiger partial charge in [0.1, 0.15) is 12.4 Å². The van der Waals surface area contributed by atoms with Crippen LogP contribution in [0.5, 0.6) is 17.2 Å². The third-order valence-electron chi connectivity index (χ3n) is 5.73. The molecule has 0 bridgehead atoms. The van der Waals surface area contributed by atoms with E-state index in [1.165, 1.54) is 5.56 Å². The lowest BCUT2D eigenvalue weighted by Crippen LogP contribution is -2.42. The zero-order chi connectivity index (χ0) is 21.4. The molecule has 0 aliphatic carbocycles. The largest absolute Gasteiger partial charge is 0.492 e. The molecule has 0 radical (unpaired) electrons. The summed E-state index contributed by atoms with van der Waals surface area (Å²) < 4.78 is 22.5. The Morgan fingerprint density at radius 1 is 1.03 bits per heavy atom. The van der Waals surface area contributed by atoms with E-state index in [4.69, 9.17) is 23.9 Å². The number of para-hydroxylation sites is 1. The van der Waals surface area contributed by atoms with Crippen LogP contribution in [0.3, 0.4) is 0 Å². The Balaban J connectivity index is 0.00000289. The predicted molar refractivity (Wildman–Crippen MR) is 136 cm³/mol. The molecule has 174 valence electrons. The Bertz CT molecular complexity index is 873. The maximum atomic E-state index is 5.77. The lowest BCUT2D eigenvalue weighted by atomic mass is 9.74. The van der Waals surface area contributed by atoms with E-state index in [0.29, 0.717) is 19.7 Å². The van der Waals surface area contributed by atoms with Gasteiger partial charge in [0.25, 0.3) is 0 Å². The van der Waals surface area contributed by atoms with Crippen LogP contribution < -0.4 is 24.8 Å². The minimum absolute atomic E-state index is 0. The highest BCUT2D eigenvalue weighted by molar-refractivity contribution is 14.0. The van der Waals surface area contributed by atoms with E-state index in [1.807, 2.05) is 36.4 Å². The van der Waals surface area contributed by atoms with Crippen LogP contribution >= 0.6 is 24.0 Å². The summed E-state index contributed by atoms with van der Waals surface area (Å²) in [5, 5.41) is 6.72. The maximum Gasteiger partial charge on any atom is 0.231 e. The van der Waals surface area contributed by atoms with Crippen LogP contribution in [-0.2, 0) is 10.2 Å². The first-order chi connectivity index (χ1) is 15.3. The minimum atomic E-state index is -0.0812. The van der Waals surface area contributed by atoms with Crippen LogP contribution in [0.2, 0.25) is 0 Å². The Kier molecular flexibility index (Phi) is 9.28. The second kappa shape index (κ2) is 12.2. The molecule has 0 spiro atoms. The van der Waals surface area contributed by atoms with Gasteiger partial charge in [0.2, 0.25) is 6.79 Å². The number of aliphatic imine (C=N–C) groups is 1. The summed E-state index contributed by atoms with van der Waals surface area (Å²) in [5.74, 6) is 3.29. The number of nitrogens with zero attached hydrogens (tertiary/aromatic N) is 1. The molecule has 0 atom stereocenters. The standard InChI is InChI=1S/C24H31N3O4.HI/c1-2-25-23(26-12-15-29-20-6-4-3-5-7-20)27-17-24(10-13-28-14-11-24)19-8-9-21-22(16-19)31-18-30-21;/h3-9,16H,2,10-15,17-18H2,1H3,(H2,25,26,27);1H. The summed E-state index contributed by atoms with van der Waals surface area (Å²) in [4.78, 5) is 4.94. The van der Waals surface area contributed by atoms with Crippen molar-refractivity contribution in [1.29, 1.82) is 0 Å². The number of hydrogen-bond donors (Lipinski definition) is 2. The molecule has 0 aromatic heterocycles. The van der Waals surface area contributed by atoms with E-state index in [2.05, 4.69) is 29.7 Å². The zero-order valence-corrected chi connectivity index (χ0v) is 20.8. The van der Waals surface area contributed by atoms with Gasteiger partial charge >= 0.3 is 0 Å². The average Bonchev–Trinajstić information content (AvgIpc) is 3.29. The van der Waals surface area contributed by atoms with Gasteiger partial charge in [0, 0.05) is 25.2 Å². The van der Waals surface area contributed by atoms with E-state index in [-0.39, 0.29) is 36.2 Å². The highest BCUT2D eigenvalue weighted by atomic mass is 127. The molecule has 0 unspecified atom stereocenters. The molecule has 7 nitrogen and oxygen atoms in total. The number of nitrogens with one attached hydrogen (secondary N) is 2. The van der Waals surface area contributed by atoms with E-state index in [9.17, 15) is 0 Å². The molecule has 2 aliphatic rings. The fourth-order valence-electron chi connectivity index (χ4n) is 3.95. The first-order valence-corrected chi connectivity index (χ1v) is 11.0. The maximum absolute atomic E-state index is 5.77. The Morgan fingerprint density at radius 3 is 2.59 bits per heavy atom. The molecule has 2 heterocycles. The van der Waals surface area contributed by atoms with Crippen molar-refractivity contribution < 1.29 is 18.9 Å². The van der Waals surface area contributed by atoms with Crippen molar-refractivity contribution in [2.24, 2.45) is 4.99 Å². The third kappa shape index (κ3) is 6.19. The van der Waals surface area contributed by atoms with Crippen LogP contribution in [-0.4, -0.2) is 52.2 Å². The molecule has 0 amide bonds. The first-order valence-electron chi connectivity index (χ1n) is 11.0. The summed E-state index contributed by atoms with van der Waals surface area (Å²) in [6.45, 7) is 6.52. The topological polar surface area (TPSA) is 73.3 Å². The van der Waals surface area contributed by atoms with E-state index >= 15 is 0 Å². The van der Waals surface area contributed by atoms with Crippen LogP contribution in [0, 0.1) is 0 Å². The summed E-state index contributed by atoms with van der Waals surface area (Å²) in [6, 6.07) is 16.1. The quantitative estimate of drug-likeness (QED) is 0.225. The van der Waals surface area contributed by atoms with Gasteiger partial charge in [-0.3, -0.25) is 4.99 Å². The van der Waals surface area contributed by atoms with Gasteiger partial charge in [0.05, 0.1) is 13.1 Å². The molecule has 2 N–H and O–H groups in total. The molecule has 8 heteroatoms. The second-order valence-corrected chi connectivity index (χ2v) is 7.74. The van der Waals surface area contributed by atoms with E-state index in [0.717, 1.165) is 55.8 Å².